The van der Waals surface area contributed by atoms with E-state index in [2.05, 4.69) is 10.2 Å². The molecule has 2 rings (SSSR count). The fraction of sp³-hybridized carbons (Fsp3) is 0.0769. The van der Waals surface area contributed by atoms with E-state index >= 15 is 0 Å². The predicted molar refractivity (Wildman–Crippen MR) is 71.0 cm³/mol. The number of nitrogens with one attached hydrogen (secondary N) is 1. The highest BCUT2D eigenvalue weighted by atomic mass is 16.4. The quantitative estimate of drug-likeness (QED) is 0.858. The number of H-pyrrole nitrogens is 1. The molecule has 7 nitrogen and oxygen atoms in total. The first-order chi connectivity index (χ1) is 9.49. The van der Waals surface area contributed by atoms with E-state index in [0.29, 0.717) is 5.69 Å². The van der Waals surface area contributed by atoms with Gasteiger partial charge < -0.3 is 10.0 Å². The first kappa shape index (κ1) is 13.5. The number of nitrogens with zero attached hydrogens (tertiary/aromatic N) is 2. The van der Waals surface area contributed by atoms with Crippen LogP contribution in [0.15, 0.2) is 41.2 Å². The monoisotopic (exact) mass is 273 g/mol. The molecule has 7 heteroatoms. The maximum Gasteiger partial charge on any atom is 0.335 e. The van der Waals surface area contributed by atoms with Crippen LogP contribution in [0, 0.1) is 0 Å². The Morgan fingerprint density at radius 3 is 2.30 bits per heavy atom. The number of anilines is 1. The van der Waals surface area contributed by atoms with Gasteiger partial charge in [0.15, 0.2) is 0 Å². The second kappa shape index (κ2) is 5.35. The van der Waals surface area contributed by atoms with Crippen molar-refractivity contribution in [3.63, 3.8) is 0 Å². The zero-order valence-corrected chi connectivity index (χ0v) is 10.5. The number of carboxylic acid groups (broad SMARTS) is 1. The second-order valence-electron chi connectivity index (χ2n) is 4.02. The van der Waals surface area contributed by atoms with Crippen molar-refractivity contribution in [1.82, 2.24) is 10.2 Å². The van der Waals surface area contributed by atoms with Crippen LogP contribution < -0.4 is 10.5 Å². The van der Waals surface area contributed by atoms with E-state index in [4.69, 9.17) is 5.11 Å². The Balaban J connectivity index is 2.24. The summed E-state index contributed by atoms with van der Waals surface area (Å²) in [6.45, 7) is 0. The highest BCUT2D eigenvalue weighted by Crippen LogP contribution is 2.15. The van der Waals surface area contributed by atoms with Gasteiger partial charge in [-0.1, -0.05) is 0 Å². The smallest absolute Gasteiger partial charge is 0.335 e. The topological polar surface area (TPSA) is 103 Å². The van der Waals surface area contributed by atoms with Crippen molar-refractivity contribution in [2.45, 2.75) is 0 Å². The van der Waals surface area contributed by atoms with Gasteiger partial charge >= 0.3 is 5.97 Å². The van der Waals surface area contributed by atoms with Crippen molar-refractivity contribution < 1.29 is 14.7 Å². The first-order valence-electron chi connectivity index (χ1n) is 5.66. The number of aromatic carboxylic acids is 1. The molecule has 0 radical (unpaired) electrons. The van der Waals surface area contributed by atoms with Gasteiger partial charge in [-0.15, -0.1) is 0 Å². The van der Waals surface area contributed by atoms with Crippen LogP contribution in [0.3, 0.4) is 0 Å². The summed E-state index contributed by atoms with van der Waals surface area (Å²) >= 11 is 0. The number of carbonyl (C=O) groups is 2. The van der Waals surface area contributed by atoms with Crippen molar-refractivity contribution in [2.75, 3.05) is 11.9 Å². The number of hydrogen-bond acceptors (Lipinski definition) is 4. The average Bonchev–Trinajstić information content (AvgIpc) is 2.46. The number of carbonyl (C=O) groups excluding carboxylic acids is 1. The highest BCUT2D eigenvalue weighted by molar-refractivity contribution is 6.04. The Labute approximate surface area is 113 Å². The van der Waals surface area contributed by atoms with Crippen molar-refractivity contribution in [3.05, 3.63) is 58.0 Å². The Morgan fingerprint density at radius 1 is 1.15 bits per heavy atom. The molecule has 0 fully saturated rings. The molecule has 1 amide bonds. The molecular weight excluding hydrogens is 262 g/mol. The molecule has 2 aromatic rings. The van der Waals surface area contributed by atoms with Gasteiger partial charge in [0.1, 0.15) is 5.69 Å². The average molecular weight is 273 g/mol. The minimum absolute atomic E-state index is 0.0920. The molecular formula is C13H11N3O4. The number of aromatic nitrogens is 2. The Kier molecular flexibility index (Phi) is 3.60. The van der Waals surface area contributed by atoms with Crippen LogP contribution in [-0.4, -0.2) is 34.2 Å². The predicted octanol–water partition coefficient (Wildman–Crippen LogP) is 0.745. The number of amides is 1. The molecule has 0 atom stereocenters. The minimum atomic E-state index is -1.03. The molecule has 0 aliphatic carbocycles. The minimum Gasteiger partial charge on any atom is -0.478 e. The van der Waals surface area contributed by atoms with E-state index in [1.165, 1.54) is 48.3 Å². The molecule has 2 N–H and O–H groups in total. The van der Waals surface area contributed by atoms with Gasteiger partial charge in [-0.25, -0.2) is 9.89 Å². The Bertz CT molecular complexity index is 686. The number of hydrogen-bond donors (Lipinski definition) is 2. The van der Waals surface area contributed by atoms with Crippen LogP contribution in [0.1, 0.15) is 20.8 Å². The van der Waals surface area contributed by atoms with E-state index in [9.17, 15) is 14.4 Å². The molecule has 1 aromatic carbocycles. The van der Waals surface area contributed by atoms with E-state index in [0.717, 1.165) is 0 Å². The van der Waals surface area contributed by atoms with Crippen LogP contribution in [0.5, 0.6) is 0 Å². The van der Waals surface area contributed by atoms with Crippen molar-refractivity contribution >= 4 is 17.6 Å². The SMILES string of the molecule is CN(C(=O)c1ccc(=O)[nH]n1)c1ccc(C(=O)O)cc1. The second-order valence-corrected chi connectivity index (χ2v) is 4.02. The number of benzene rings is 1. The van der Waals surface area contributed by atoms with Crippen molar-refractivity contribution in [1.29, 1.82) is 0 Å². The number of aromatic amines is 1. The third-order valence-corrected chi connectivity index (χ3v) is 2.70. The molecule has 0 saturated heterocycles. The van der Waals surface area contributed by atoms with Crippen molar-refractivity contribution in [2.24, 2.45) is 0 Å². The van der Waals surface area contributed by atoms with Gasteiger partial charge in [0.25, 0.3) is 11.5 Å². The normalized spacial score (nSPS) is 10.1. The summed E-state index contributed by atoms with van der Waals surface area (Å²) in [4.78, 5) is 35.0. The highest BCUT2D eigenvalue weighted by Gasteiger charge is 2.15. The lowest BCUT2D eigenvalue weighted by Gasteiger charge is -2.16. The Hall–Kier alpha value is -2.96. The first-order valence-corrected chi connectivity index (χ1v) is 5.66. The fourth-order valence-corrected chi connectivity index (χ4v) is 1.58. The standard InChI is InChI=1S/C13H11N3O4/c1-16(9-4-2-8(3-5-9)13(19)20)12(18)10-6-7-11(17)15-14-10/h2-7H,1H3,(H,15,17)(H,19,20). The summed E-state index contributed by atoms with van der Waals surface area (Å²) in [7, 11) is 1.53. The van der Waals surface area contributed by atoms with Gasteiger partial charge in [0.05, 0.1) is 5.56 Å². The summed E-state index contributed by atoms with van der Waals surface area (Å²) in [6, 6.07) is 8.38. The third kappa shape index (κ3) is 2.72. The van der Waals surface area contributed by atoms with Crippen LogP contribution >= 0.6 is 0 Å². The largest absolute Gasteiger partial charge is 0.478 e. The maximum atomic E-state index is 12.1. The molecule has 1 heterocycles. The Morgan fingerprint density at radius 2 is 1.80 bits per heavy atom. The molecule has 0 aliphatic rings. The lowest BCUT2D eigenvalue weighted by atomic mass is 10.2. The number of rotatable bonds is 3. The van der Waals surface area contributed by atoms with E-state index in [1.54, 1.807) is 0 Å². The molecule has 1 aromatic heterocycles. The summed E-state index contributed by atoms with van der Waals surface area (Å²) in [5.74, 6) is -1.45. The molecule has 0 unspecified atom stereocenters. The van der Waals surface area contributed by atoms with Crippen LogP contribution in [-0.2, 0) is 0 Å². The molecule has 20 heavy (non-hydrogen) atoms. The zero-order chi connectivity index (χ0) is 14.7. The lowest BCUT2D eigenvalue weighted by Crippen LogP contribution is -2.28. The van der Waals surface area contributed by atoms with Crippen LogP contribution in [0.25, 0.3) is 0 Å². The molecule has 0 bridgehead atoms. The zero-order valence-electron chi connectivity index (χ0n) is 10.5. The summed E-state index contributed by atoms with van der Waals surface area (Å²) in [5.41, 5.74) is 0.356. The lowest BCUT2D eigenvalue weighted by molar-refractivity contribution is 0.0696. The van der Waals surface area contributed by atoms with E-state index < -0.39 is 17.4 Å². The van der Waals surface area contributed by atoms with E-state index in [-0.39, 0.29) is 11.3 Å². The van der Waals surface area contributed by atoms with E-state index in [1.807, 2.05) is 0 Å². The van der Waals surface area contributed by atoms with Crippen LogP contribution in [0.2, 0.25) is 0 Å². The molecule has 0 spiro atoms. The number of carboxylic acids is 1. The fourth-order valence-electron chi connectivity index (χ4n) is 1.58. The summed E-state index contributed by atoms with van der Waals surface area (Å²) in [6.07, 6.45) is 0. The van der Waals surface area contributed by atoms with Gasteiger partial charge in [-0.3, -0.25) is 9.59 Å². The van der Waals surface area contributed by atoms with Gasteiger partial charge in [-0.2, -0.15) is 5.10 Å². The van der Waals surface area contributed by atoms with Crippen LogP contribution in [0.4, 0.5) is 5.69 Å². The maximum absolute atomic E-state index is 12.1. The van der Waals surface area contributed by atoms with Gasteiger partial charge in [0, 0.05) is 18.8 Å². The third-order valence-electron chi connectivity index (χ3n) is 2.70. The van der Waals surface area contributed by atoms with Gasteiger partial charge in [-0.05, 0) is 30.3 Å². The molecule has 0 saturated carbocycles. The molecule has 0 aliphatic heterocycles. The summed E-state index contributed by atoms with van der Waals surface area (Å²) in [5, 5.41) is 14.6. The van der Waals surface area contributed by atoms with Gasteiger partial charge in [0.2, 0.25) is 0 Å². The summed E-state index contributed by atoms with van der Waals surface area (Å²) < 4.78 is 0. The van der Waals surface area contributed by atoms with Crippen molar-refractivity contribution in [3.8, 4) is 0 Å². The molecule has 102 valence electrons.